The molecular formula is C14H23N3. The molecule has 0 radical (unpaired) electrons. The van der Waals surface area contributed by atoms with Crippen molar-refractivity contribution in [2.45, 2.75) is 64.5 Å². The van der Waals surface area contributed by atoms with E-state index in [0.717, 1.165) is 25.4 Å². The van der Waals surface area contributed by atoms with Crippen LogP contribution in [0.15, 0.2) is 0 Å². The van der Waals surface area contributed by atoms with Gasteiger partial charge in [0.25, 0.3) is 0 Å². The van der Waals surface area contributed by atoms with Gasteiger partial charge in [0, 0.05) is 36.7 Å². The predicted octanol–water partition coefficient (Wildman–Crippen LogP) is 2.55. The average Bonchev–Trinajstić information content (AvgIpc) is 3.09. The van der Waals surface area contributed by atoms with Gasteiger partial charge in [0.15, 0.2) is 0 Å². The number of rotatable bonds is 3. The molecule has 1 aromatic heterocycles. The highest BCUT2D eigenvalue weighted by atomic mass is 15.2. The molecule has 0 saturated heterocycles. The lowest BCUT2D eigenvalue weighted by Gasteiger charge is -2.30. The van der Waals surface area contributed by atoms with E-state index in [-0.39, 0.29) is 5.54 Å². The van der Waals surface area contributed by atoms with Crippen molar-refractivity contribution in [2.75, 3.05) is 6.54 Å². The van der Waals surface area contributed by atoms with E-state index in [1.807, 2.05) is 0 Å². The van der Waals surface area contributed by atoms with Crippen LogP contribution >= 0.6 is 0 Å². The molecule has 0 amide bonds. The molecule has 2 heterocycles. The van der Waals surface area contributed by atoms with Crippen molar-refractivity contribution >= 4 is 0 Å². The Hall–Kier alpha value is -0.830. The van der Waals surface area contributed by atoms with E-state index >= 15 is 0 Å². The van der Waals surface area contributed by atoms with Gasteiger partial charge in [0.05, 0.1) is 5.69 Å². The second-order valence-electron chi connectivity index (χ2n) is 6.07. The van der Waals surface area contributed by atoms with Crippen LogP contribution < -0.4 is 5.32 Å². The van der Waals surface area contributed by atoms with Crippen LogP contribution in [0, 0.1) is 0 Å². The van der Waals surface area contributed by atoms with Gasteiger partial charge in [-0.1, -0.05) is 6.92 Å². The fourth-order valence-electron chi connectivity index (χ4n) is 2.78. The number of nitrogens with one attached hydrogen (secondary N) is 1. The van der Waals surface area contributed by atoms with Gasteiger partial charge in [-0.3, -0.25) is 0 Å². The minimum atomic E-state index is 0.218. The molecule has 0 aromatic carbocycles. The first-order chi connectivity index (χ1) is 8.13. The van der Waals surface area contributed by atoms with Gasteiger partial charge in [0.1, 0.15) is 5.82 Å². The van der Waals surface area contributed by atoms with Crippen molar-refractivity contribution in [3.05, 3.63) is 17.2 Å². The minimum Gasteiger partial charge on any atom is -0.326 e. The van der Waals surface area contributed by atoms with Crippen molar-refractivity contribution in [3.63, 3.8) is 0 Å². The molecule has 0 unspecified atom stereocenters. The van der Waals surface area contributed by atoms with Crippen molar-refractivity contribution in [1.29, 1.82) is 0 Å². The monoisotopic (exact) mass is 233 g/mol. The molecule has 2 aliphatic rings. The smallest absolute Gasteiger partial charge is 0.112 e. The summed E-state index contributed by atoms with van der Waals surface area (Å²) >= 11 is 0. The zero-order valence-electron chi connectivity index (χ0n) is 11.2. The second-order valence-corrected chi connectivity index (χ2v) is 6.07. The van der Waals surface area contributed by atoms with Gasteiger partial charge in [-0.2, -0.15) is 0 Å². The quantitative estimate of drug-likeness (QED) is 0.869. The van der Waals surface area contributed by atoms with Crippen LogP contribution in [0.1, 0.15) is 63.2 Å². The third-order valence-electron chi connectivity index (χ3n) is 4.33. The molecule has 1 saturated carbocycles. The summed E-state index contributed by atoms with van der Waals surface area (Å²) in [5.41, 5.74) is 3.02. The Labute approximate surface area is 104 Å². The van der Waals surface area contributed by atoms with Gasteiger partial charge in [-0.05, 0) is 33.1 Å². The first-order valence-electron chi connectivity index (χ1n) is 6.95. The van der Waals surface area contributed by atoms with Crippen LogP contribution in [0.5, 0.6) is 0 Å². The third-order valence-corrected chi connectivity index (χ3v) is 4.33. The molecule has 1 aliphatic heterocycles. The molecule has 17 heavy (non-hydrogen) atoms. The normalized spacial score (nSPS) is 20.4. The number of fused-ring (bicyclic) bond motifs is 1. The minimum absolute atomic E-state index is 0.218. The van der Waals surface area contributed by atoms with E-state index < -0.39 is 0 Å². The summed E-state index contributed by atoms with van der Waals surface area (Å²) in [5.74, 6) is 2.11. The third kappa shape index (κ3) is 1.81. The van der Waals surface area contributed by atoms with Gasteiger partial charge >= 0.3 is 0 Å². The summed E-state index contributed by atoms with van der Waals surface area (Å²) in [4.78, 5) is 4.93. The summed E-state index contributed by atoms with van der Waals surface area (Å²) in [6.45, 7) is 9.04. The van der Waals surface area contributed by atoms with E-state index in [9.17, 15) is 0 Å². The zero-order valence-corrected chi connectivity index (χ0v) is 11.2. The number of hydrogen-bond acceptors (Lipinski definition) is 2. The van der Waals surface area contributed by atoms with Crippen LogP contribution in [-0.4, -0.2) is 16.1 Å². The summed E-state index contributed by atoms with van der Waals surface area (Å²) in [7, 11) is 0. The fourth-order valence-corrected chi connectivity index (χ4v) is 2.78. The van der Waals surface area contributed by atoms with E-state index in [1.165, 1.54) is 36.5 Å². The van der Waals surface area contributed by atoms with Crippen LogP contribution in [0.2, 0.25) is 0 Å². The van der Waals surface area contributed by atoms with Crippen LogP contribution in [0.3, 0.4) is 0 Å². The maximum atomic E-state index is 4.93. The molecule has 0 spiro atoms. The van der Waals surface area contributed by atoms with Crippen molar-refractivity contribution in [1.82, 2.24) is 14.9 Å². The maximum absolute atomic E-state index is 4.93. The number of aromatic nitrogens is 2. The lowest BCUT2D eigenvalue weighted by Crippen LogP contribution is -2.32. The summed E-state index contributed by atoms with van der Waals surface area (Å²) in [6, 6.07) is 0. The predicted molar refractivity (Wildman–Crippen MR) is 69.2 cm³/mol. The highest BCUT2D eigenvalue weighted by Gasteiger charge is 2.35. The first kappa shape index (κ1) is 11.3. The molecular weight excluding hydrogens is 210 g/mol. The largest absolute Gasteiger partial charge is 0.326 e. The number of hydrogen-bond donors (Lipinski definition) is 1. The van der Waals surface area contributed by atoms with Gasteiger partial charge in [-0.15, -0.1) is 0 Å². The summed E-state index contributed by atoms with van der Waals surface area (Å²) in [6.07, 6.45) is 4.98. The molecule has 3 nitrogen and oxygen atoms in total. The maximum Gasteiger partial charge on any atom is 0.112 e. The lowest BCUT2D eigenvalue weighted by atomic mass is 9.99. The lowest BCUT2D eigenvalue weighted by molar-refractivity contribution is 0.319. The van der Waals surface area contributed by atoms with E-state index in [4.69, 9.17) is 4.98 Å². The highest BCUT2D eigenvalue weighted by Crippen LogP contribution is 2.43. The summed E-state index contributed by atoms with van der Waals surface area (Å²) < 4.78 is 2.57. The van der Waals surface area contributed by atoms with Gasteiger partial charge in [0.2, 0.25) is 0 Å². The molecule has 1 aromatic rings. The molecule has 3 rings (SSSR count). The highest BCUT2D eigenvalue weighted by molar-refractivity contribution is 5.26. The van der Waals surface area contributed by atoms with Crippen molar-refractivity contribution < 1.29 is 0 Å². The fraction of sp³-hybridized carbons (Fsp3) is 0.786. The molecule has 0 bridgehead atoms. The number of imidazole rings is 1. The number of nitrogens with zero attached hydrogens (tertiary/aromatic N) is 2. The Morgan fingerprint density at radius 1 is 1.41 bits per heavy atom. The van der Waals surface area contributed by atoms with Crippen LogP contribution in [0.4, 0.5) is 0 Å². The van der Waals surface area contributed by atoms with Gasteiger partial charge in [-0.25, -0.2) is 4.98 Å². The second kappa shape index (κ2) is 3.84. The van der Waals surface area contributed by atoms with E-state index in [1.54, 1.807) is 0 Å². The zero-order chi connectivity index (χ0) is 12.0. The van der Waals surface area contributed by atoms with Crippen molar-refractivity contribution in [3.8, 4) is 0 Å². The Morgan fingerprint density at radius 3 is 2.82 bits per heavy atom. The van der Waals surface area contributed by atoms with E-state index in [0.29, 0.717) is 0 Å². The molecule has 3 heteroatoms. The molecule has 1 N–H and O–H groups in total. The standard InChI is InChI=1S/C14H23N3/c1-4-14(2,3)17-12-7-8-15-9-11(12)16-13(17)10-5-6-10/h10,15H,4-9H2,1-3H3. The molecule has 1 fully saturated rings. The Kier molecular flexibility index (Phi) is 2.54. The summed E-state index contributed by atoms with van der Waals surface area (Å²) in [5, 5.41) is 3.43. The Balaban J connectivity index is 2.12. The first-order valence-corrected chi connectivity index (χ1v) is 6.95. The molecule has 94 valence electrons. The Morgan fingerprint density at radius 2 is 2.18 bits per heavy atom. The van der Waals surface area contributed by atoms with Crippen molar-refractivity contribution in [2.24, 2.45) is 0 Å². The average molecular weight is 233 g/mol. The Bertz CT molecular complexity index is 427. The molecule has 1 aliphatic carbocycles. The van der Waals surface area contributed by atoms with E-state index in [2.05, 4.69) is 30.7 Å². The SMILES string of the molecule is CCC(C)(C)n1c(C2CC2)nc2c1CCNC2. The molecule has 0 atom stereocenters. The van der Waals surface area contributed by atoms with Gasteiger partial charge < -0.3 is 9.88 Å². The van der Waals surface area contributed by atoms with Crippen LogP contribution in [-0.2, 0) is 18.5 Å². The van der Waals surface area contributed by atoms with Crippen LogP contribution in [0.25, 0.3) is 0 Å². The topological polar surface area (TPSA) is 29.9 Å².